The normalized spacial score (nSPS) is 17.1. The molecular formula is C25H21F6N3O4. The summed E-state index contributed by atoms with van der Waals surface area (Å²) < 4.78 is 85.1. The van der Waals surface area contributed by atoms with Crippen LogP contribution in [0.5, 0.6) is 11.5 Å². The zero-order valence-corrected chi connectivity index (χ0v) is 19.7. The fourth-order valence-electron chi connectivity index (χ4n) is 3.93. The van der Waals surface area contributed by atoms with Crippen LogP contribution in [0.15, 0.2) is 72.4 Å². The summed E-state index contributed by atoms with van der Waals surface area (Å²) in [5, 5.41) is 15.2. The van der Waals surface area contributed by atoms with Crippen molar-refractivity contribution in [3.8, 4) is 11.5 Å². The van der Waals surface area contributed by atoms with Gasteiger partial charge in [-0.1, -0.05) is 6.07 Å². The van der Waals surface area contributed by atoms with Crippen LogP contribution in [0, 0.1) is 6.92 Å². The monoisotopic (exact) mass is 541 g/mol. The molecule has 2 aromatic rings. The lowest BCUT2D eigenvalue weighted by Gasteiger charge is -2.32. The molecule has 0 aliphatic carbocycles. The zero-order valence-electron chi connectivity index (χ0n) is 19.7. The number of fused-ring (bicyclic) bond motifs is 1. The largest absolute Gasteiger partial charge is 0.573 e. The van der Waals surface area contributed by atoms with E-state index in [1.54, 1.807) is 36.4 Å². The van der Waals surface area contributed by atoms with Gasteiger partial charge in [0.1, 0.15) is 23.4 Å². The molecule has 4 rings (SSSR count). The maximum absolute atomic E-state index is 12.7. The van der Waals surface area contributed by atoms with E-state index in [2.05, 4.69) is 15.4 Å². The number of rotatable bonds is 8. The second-order valence-electron chi connectivity index (χ2n) is 8.39. The van der Waals surface area contributed by atoms with E-state index in [-0.39, 0.29) is 17.1 Å². The Kier molecular flexibility index (Phi) is 7.20. The predicted octanol–water partition coefficient (Wildman–Crippen LogP) is 5.48. The molecule has 0 bridgehead atoms. The van der Waals surface area contributed by atoms with Gasteiger partial charge in [0.2, 0.25) is 0 Å². The second-order valence-corrected chi connectivity index (χ2v) is 8.39. The average Bonchev–Trinajstić information content (AvgIpc) is 3.22. The SMILES string of the molecule is Cc1cc(C2=CNC3C(NCCC(F)(F)F)=CC(Oc4ccc(OC(F)(F)F)cc4)=CN23)ccc1C(=O)O. The molecule has 0 aromatic heterocycles. The summed E-state index contributed by atoms with van der Waals surface area (Å²) >= 11 is 0. The Morgan fingerprint density at radius 3 is 2.37 bits per heavy atom. The molecule has 0 fully saturated rings. The number of aryl methyl sites for hydroxylation is 1. The zero-order chi connectivity index (χ0) is 27.7. The van der Waals surface area contributed by atoms with Crippen molar-refractivity contribution in [1.82, 2.24) is 15.5 Å². The van der Waals surface area contributed by atoms with Gasteiger partial charge in [-0.2, -0.15) is 13.2 Å². The molecule has 2 heterocycles. The lowest BCUT2D eigenvalue weighted by Crippen LogP contribution is -2.43. The molecule has 202 valence electrons. The maximum Gasteiger partial charge on any atom is 0.573 e. The van der Waals surface area contributed by atoms with Gasteiger partial charge in [-0.25, -0.2) is 4.79 Å². The Morgan fingerprint density at radius 2 is 1.76 bits per heavy atom. The Labute approximate surface area is 212 Å². The van der Waals surface area contributed by atoms with E-state index in [1.807, 2.05) is 0 Å². The third-order valence-electron chi connectivity index (χ3n) is 5.58. The highest BCUT2D eigenvalue weighted by molar-refractivity contribution is 5.90. The Balaban J connectivity index is 1.60. The minimum atomic E-state index is -4.85. The highest BCUT2D eigenvalue weighted by atomic mass is 19.4. The van der Waals surface area contributed by atoms with Gasteiger partial charge in [-0.3, -0.25) is 0 Å². The van der Waals surface area contributed by atoms with Crippen molar-refractivity contribution in [3.05, 3.63) is 89.1 Å². The van der Waals surface area contributed by atoms with Gasteiger partial charge in [0, 0.05) is 25.0 Å². The number of ether oxygens (including phenoxy) is 2. The van der Waals surface area contributed by atoms with E-state index in [9.17, 15) is 36.2 Å². The molecule has 0 amide bonds. The number of allylic oxidation sites excluding steroid dienone is 1. The number of carbonyl (C=O) groups is 1. The number of carboxylic acids is 1. The molecular weight excluding hydrogens is 520 g/mol. The van der Waals surface area contributed by atoms with Crippen LogP contribution in [-0.2, 0) is 0 Å². The molecule has 0 spiro atoms. The molecule has 2 aromatic carbocycles. The van der Waals surface area contributed by atoms with Crippen LogP contribution >= 0.6 is 0 Å². The molecule has 0 radical (unpaired) electrons. The van der Waals surface area contributed by atoms with Crippen LogP contribution in [0.1, 0.15) is 27.9 Å². The molecule has 7 nitrogen and oxygen atoms in total. The van der Waals surface area contributed by atoms with E-state index < -0.39 is 43.4 Å². The first-order valence-electron chi connectivity index (χ1n) is 11.2. The first-order valence-corrected chi connectivity index (χ1v) is 11.2. The predicted molar refractivity (Wildman–Crippen MR) is 123 cm³/mol. The number of hydrogen-bond acceptors (Lipinski definition) is 6. The van der Waals surface area contributed by atoms with Crippen LogP contribution in [0.3, 0.4) is 0 Å². The summed E-state index contributed by atoms with van der Waals surface area (Å²) in [6, 6.07) is 9.37. The van der Waals surface area contributed by atoms with Gasteiger partial charge in [-0.15, -0.1) is 13.2 Å². The average molecular weight is 541 g/mol. The van der Waals surface area contributed by atoms with Crippen LogP contribution in [0.4, 0.5) is 26.3 Å². The number of carboxylic acid groups (broad SMARTS) is 1. The molecule has 38 heavy (non-hydrogen) atoms. The summed E-state index contributed by atoms with van der Waals surface area (Å²) in [5.74, 6) is -1.17. The van der Waals surface area contributed by atoms with Crippen molar-refractivity contribution in [2.45, 2.75) is 32.0 Å². The summed E-state index contributed by atoms with van der Waals surface area (Å²) in [6.07, 6.45) is -6.20. The summed E-state index contributed by atoms with van der Waals surface area (Å²) in [6.45, 7) is 1.24. The Morgan fingerprint density at radius 1 is 1.08 bits per heavy atom. The number of halogens is 6. The molecule has 0 saturated carbocycles. The number of nitrogens with zero attached hydrogens (tertiary/aromatic N) is 1. The molecule has 1 atom stereocenters. The van der Waals surface area contributed by atoms with Crippen molar-refractivity contribution in [1.29, 1.82) is 0 Å². The van der Waals surface area contributed by atoms with E-state index in [0.29, 0.717) is 22.5 Å². The molecule has 3 N–H and O–H groups in total. The fourth-order valence-corrected chi connectivity index (χ4v) is 3.93. The van der Waals surface area contributed by atoms with Gasteiger partial charge in [0.15, 0.2) is 0 Å². The lowest BCUT2D eigenvalue weighted by molar-refractivity contribution is -0.274. The number of aromatic carboxylic acids is 1. The van der Waals surface area contributed by atoms with Crippen LogP contribution in [0.2, 0.25) is 0 Å². The second kappa shape index (κ2) is 10.2. The number of alkyl halides is 6. The maximum atomic E-state index is 12.7. The minimum Gasteiger partial charge on any atom is -0.478 e. The lowest BCUT2D eigenvalue weighted by atomic mass is 10.0. The van der Waals surface area contributed by atoms with Crippen molar-refractivity contribution < 1.29 is 45.7 Å². The summed E-state index contributed by atoms with van der Waals surface area (Å²) in [4.78, 5) is 13.1. The first-order chi connectivity index (χ1) is 17.8. The first kappa shape index (κ1) is 26.8. The number of nitrogens with one attached hydrogen (secondary N) is 2. The van der Waals surface area contributed by atoms with Crippen LogP contribution < -0.4 is 20.1 Å². The highest BCUT2D eigenvalue weighted by Gasteiger charge is 2.34. The molecule has 13 heteroatoms. The summed E-state index contributed by atoms with van der Waals surface area (Å²) in [5.41, 5.74) is 2.23. The van der Waals surface area contributed by atoms with Crippen molar-refractivity contribution >= 4 is 11.7 Å². The van der Waals surface area contributed by atoms with Crippen LogP contribution in [-0.4, -0.2) is 41.2 Å². The molecule has 2 aliphatic heterocycles. The fraction of sp³-hybridized carbons (Fsp3) is 0.240. The number of benzene rings is 2. The van der Waals surface area contributed by atoms with E-state index in [1.165, 1.54) is 24.3 Å². The van der Waals surface area contributed by atoms with Gasteiger partial charge < -0.3 is 30.1 Å². The Hall–Kier alpha value is -4.29. The van der Waals surface area contributed by atoms with Gasteiger partial charge in [-0.05, 0) is 54.4 Å². The Bertz CT molecular complexity index is 1300. The third-order valence-corrected chi connectivity index (χ3v) is 5.58. The van der Waals surface area contributed by atoms with Gasteiger partial charge in [0.05, 0.1) is 23.4 Å². The van der Waals surface area contributed by atoms with Gasteiger partial charge >= 0.3 is 18.5 Å². The van der Waals surface area contributed by atoms with Crippen molar-refractivity contribution in [3.63, 3.8) is 0 Å². The quantitative estimate of drug-likeness (QED) is 0.382. The van der Waals surface area contributed by atoms with Crippen molar-refractivity contribution in [2.75, 3.05) is 6.54 Å². The van der Waals surface area contributed by atoms with Gasteiger partial charge in [0.25, 0.3) is 0 Å². The number of hydrogen-bond donors (Lipinski definition) is 3. The topological polar surface area (TPSA) is 83.1 Å². The molecule has 1 unspecified atom stereocenters. The van der Waals surface area contributed by atoms with E-state index >= 15 is 0 Å². The summed E-state index contributed by atoms with van der Waals surface area (Å²) in [7, 11) is 0. The molecule has 0 saturated heterocycles. The highest BCUT2D eigenvalue weighted by Crippen LogP contribution is 2.34. The third kappa shape index (κ3) is 6.52. The standard InChI is InChI=1S/C25H21F6N3O4/c1-14-10-15(2-7-19(14)23(35)36)21-12-33-22-20(32-9-8-24(26,27)28)11-18(13-34(21)22)37-16-3-5-17(6-4-16)38-25(29,30)31/h2-7,10-13,22,32-33H,8-9H2,1H3,(H,35,36). The van der Waals surface area contributed by atoms with Crippen molar-refractivity contribution in [2.24, 2.45) is 0 Å². The smallest absolute Gasteiger partial charge is 0.478 e. The van der Waals surface area contributed by atoms with E-state index in [4.69, 9.17) is 4.74 Å². The van der Waals surface area contributed by atoms with Crippen LogP contribution in [0.25, 0.3) is 5.70 Å². The molecule has 2 aliphatic rings. The minimum absolute atomic E-state index is 0.127. The van der Waals surface area contributed by atoms with E-state index in [0.717, 1.165) is 12.1 Å².